The molecule has 1 unspecified atom stereocenters. The summed E-state index contributed by atoms with van der Waals surface area (Å²) in [5, 5.41) is 12.4. The Morgan fingerprint density at radius 3 is 2.52 bits per heavy atom. The molecule has 1 aromatic rings. The number of benzene rings is 1. The highest BCUT2D eigenvalue weighted by Crippen LogP contribution is 2.32. The molecule has 2 rings (SSSR count). The number of halogens is 3. The van der Waals surface area contributed by atoms with Crippen LogP contribution in [0.15, 0.2) is 24.3 Å². The number of carbonyl (C=O) groups excluding carboxylic acids is 1. The number of anilines is 1. The number of likely N-dealkylation sites (N-methyl/N-ethyl adjacent to an activating group) is 1. The molecule has 0 radical (unpaired) electrons. The Balaban J connectivity index is 1.78. The average Bonchev–Trinajstić information content (AvgIpc) is 3.23. The van der Waals surface area contributed by atoms with E-state index in [1.54, 1.807) is 11.9 Å². The molecule has 1 aliphatic carbocycles. The van der Waals surface area contributed by atoms with E-state index in [0.717, 1.165) is 25.0 Å². The topological polar surface area (TPSA) is 61.8 Å². The first kappa shape index (κ1) is 17.6. The molecular weight excluding hydrogens is 313 g/mol. The van der Waals surface area contributed by atoms with Gasteiger partial charge < -0.3 is 15.2 Å². The quantitative estimate of drug-likeness (QED) is 0.804. The van der Waals surface area contributed by atoms with E-state index in [4.69, 9.17) is 0 Å². The Morgan fingerprint density at radius 1 is 1.39 bits per heavy atom. The van der Waals surface area contributed by atoms with E-state index in [1.807, 2.05) is 0 Å². The number of nitrogens with one attached hydrogen (secondary N) is 1. The summed E-state index contributed by atoms with van der Waals surface area (Å²) in [4.78, 5) is 13.6. The van der Waals surface area contributed by atoms with Gasteiger partial charge in [-0.3, -0.25) is 9.69 Å². The molecule has 0 aromatic heterocycles. The van der Waals surface area contributed by atoms with Crippen molar-refractivity contribution >= 4 is 11.6 Å². The second-order valence-corrected chi connectivity index (χ2v) is 5.72. The maximum absolute atomic E-state index is 12.0. The number of carbonyl (C=O) groups is 1. The van der Waals surface area contributed by atoms with Crippen LogP contribution in [0.4, 0.5) is 18.9 Å². The summed E-state index contributed by atoms with van der Waals surface area (Å²) in [5.41, 5.74) is 0.376. The number of hydrogen-bond donors (Lipinski definition) is 2. The summed E-state index contributed by atoms with van der Waals surface area (Å²) >= 11 is 0. The first-order chi connectivity index (χ1) is 10.7. The van der Waals surface area contributed by atoms with E-state index in [-0.39, 0.29) is 18.2 Å². The number of rotatable bonds is 7. The van der Waals surface area contributed by atoms with Gasteiger partial charge in [0.15, 0.2) is 0 Å². The van der Waals surface area contributed by atoms with E-state index in [0.29, 0.717) is 18.2 Å². The Kier molecular flexibility index (Phi) is 5.48. The molecule has 0 heterocycles. The maximum Gasteiger partial charge on any atom is 0.573 e. The highest BCUT2D eigenvalue weighted by atomic mass is 19.4. The highest BCUT2D eigenvalue weighted by molar-refractivity contribution is 5.92. The van der Waals surface area contributed by atoms with E-state index >= 15 is 0 Å². The normalized spacial score (nSPS) is 16.3. The van der Waals surface area contributed by atoms with Crippen LogP contribution in [-0.4, -0.2) is 48.5 Å². The van der Waals surface area contributed by atoms with Crippen molar-refractivity contribution in [2.45, 2.75) is 25.3 Å². The van der Waals surface area contributed by atoms with Crippen molar-refractivity contribution in [2.75, 3.05) is 25.5 Å². The number of aliphatic hydroxyl groups excluding tert-OH is 1. The molecule has 1 atom stereocenters. The number of amides is 1. The summed E-state index contributed by atoms with van der Waals surface area (Å²) in [6.45, 7) is 0.501. The van der Waals surface area contributed by atoms with E-state index in [1.165, 1.54) is 12.1 Å². The molecule has 0 aliphatic heterocycles. The lowest BCUT2D eigenvalue weighted by Crippen LogP contribution is -2.36. The molecule has 0 bridgehead atoms. The molecule has 1 amide bonds. The SMILES string of the molecule is CN(CC(=O)Nc1ccc(OC(F)(F)F)cc1)CC(O)C1CC1. The molecule has 23 heavy (non-hydrogen) atoms. The number of nitrogens with zero attached hydrogens (tertiary/aromatic N) is 1. The summed E-state index contributed by atoms with van der Waals surface area (Å²) in [5.74, 6) is -0.318. The first-order valence-electron chi connectivity index (χ1n) is 7.25. The van der Waals surface area contributed by atoms with Crippen molar-refractivity contribution in [3.8, 4) is 5.75 Å². The Bertz CT molecular complexity index is 530. The third-order valence-corrected chi connectivity index (χ3v) is 3.45. The monoisotopic (exact) mass is 332 g/mol. The van der Waals surface area contributed by atoms with Crippen LogP contribution in [0.25, 0.3) is 0 Å². The molecule has 1 fully saturated rings. The smallest absolute Gasteiger partial charge is 0.406 e. The molecule has 0 saturated heterocycles. The van der Waals surface area contributed by atoms with Gasteiger partial charge in [0, 0.05) is 12.2 Å². The first-order valence-corrected chi connectivity index (χ1v) is 7.25. The van der Waals surface area contributed by atoms with Gasteiger partial charge in [0.05, 0.1) is 12.6 Å². The maximum atomic E-state index is 12.0. The minimum atomic E-state index is -4.74. The molecule has 5 nitrogen and oxygen atoms in total. The van der Waals surface area contributed by atoms with Crippen LogP contribution >= 0.6 is 0 Å². The largest absolute Gasteiger partial charge is 0.573 e. The second-order valence-electron chi connectivity index (χ2n) is 5.72. The van der Waals surface area contributed by atoms with Crippen LogP contribution in [0, 0.1) is 5.92 Å². The molecule has 0 spiro atoms. The van der Waals surface area contributed by atoms with Gasteiger partial charge >= 0.3 is 6.36 Å². The Labute approximate surface area is 132 Å². The average molecular weight is 332 g/mol. The lowest BCUT2D eigenvalue weighted by atomic mass is 10.2. The van der Waals surface area contributed by atoms with E-state index in [9.17, 15) is 23.1 Å². The van der Waals surface area contributed by atoms with Crippen LogP contribution in [-0.2, 0) is 4.79 Å². The van der Waals surface area contributed by atoms with Crippen molar-refractivity contribution in [3.63, 3.8) is 0 Å². The fraction of sp³-hybridized carbons (Fsp3) is 0.533. The molecule has 8 heteroatoms. The predicted molar refractivity (Wildman–Crippen MR) is 78.0 cm³/mol. The minimum Gasteiger partial charge on any atom is -0.406 e. The number of hydrogen-bond acceptors (Lipinski definition) is 4. The van der Waals surface area contributed by atoms with Gasteiger partial charge in [0.1, 0.15) is 5.75 Å². The van der Waals surface area contributed by atoms with Gasteiger partial charge in [0.25, 0.3) is 0 Å². The molecular formula is C15H19F3N2O3. The highest BCUT2D eigenvalue weighted by Gasteiger charge is 2.31. The molecule has 2 N–H and O–H groups in total. The number of ether oxygens (including phenoxy) is 1. The third kappa shape index (κ3) is 6.45. The summed E-state index contributed by atoms with van der Waals surface area (Å²) < 4.78 is 39.9. The van der Waals surface area contributed by atoms with Gasteiger partial charge in [-0.15, -0.1) is 13.2 Å². The zero-order chi connectivity index (χ0) is 17.0. The van der Waals surface area contributed by atoms with Gasteiger partial charge in [-0.1, -0.05) is 0 Å². The van der Waals surface area contributed by atoms with Crippen molar-refractivity contribution in [2.24, 2.45) is 5.92 Å². The second kappa shape index (κ2) is 7.18. The zero-order valence-electron chi connectivity index (χ0n) is 12.6. The molecule has 1 aromatic carbocycles. The molecule has 1 saturated carbocycles. The lowest BCUT2D eigenvalue weighted by molar-refractivity contribution is -0.274. The fourth-order valence-electron chi connectivity index (χ4n) is 2.20. The van der Waals surface area contributed by atoms with Gasteiger partial charge in [-0.25, -0.2) is 0 Å². The predicted octanol–water partition coefficient (Wildman–Crippen LogP) is 2.23. The van der Waals surface area contributed by atoms with Gasteiger partial charge in [-0.05, 0) is 50.1 Å². The molecule has 1 aliphatic rings. The Hall–Kier alpha value is -1.80. The number of aliphatic hydroxyl groups is 1. The Morgan fingerprint density at radius 2 is 2.00 bits per heavy atom. The third-order valence-electron chi connectivity index (χ3n) is 3.45. The van der Waals surface area contributed by atoms with Crippen LogP contribution in [0.1, 0.15) is 12.8 Å². The minimum absolute atomic E-state index is 0.0879. The fourth-order valence-corrected chi connectivity index (χ4v) is 2.20. The summed E-state index contributed by atoms with van der Waals surface area (Å²) in [7, 11) is 1.73. The standard InChI is InChI=1S/C15H19F3N2O3/c1-20(8-13(21)10-2-3-10)9-14(22)19-11-4-6-12(7-5-11)23-15(16,17)18/h4-7,10,13,21H,2-3,8-9H2,1H3,(H,19,22). The van der Waals surface area contributed by atoms with Crippen molar-refractivity contribution in [1.82, 2.24) is 4.90 Å². The van der Waals surface area contributed by atoms with Crippen LogP contribution < -0.4 is 10.1 Å². The van der Waals surface area contributed by atoms with Crippen molar-refractivity contribution in [3.05, 3.63) is 24.3 Å². The zero-order valence-corrected chi connectivity index (χ0v) is 12.6. The van der Waals surface area contributed by atoms with Crippen molar-refractivity contribution < 1.29 is 27.8 Å². The summed E-state index contributed by atoms with van der Waals surface area (Å²) in [6, 6.07) is 4.92. The lowest BCUT2D eigenvalue weighted by Gasteiger charge is -2.19. The van der Waals surface area contributed by atoms with Crippen LogP contribution in [0.5, 0.6) is 5.75 Å². The van der Waals surface area contributed by atoms with E-state index < -0.39 is 12.5 Å². The van der Waals surface area contributed by atoms with Crippen molar-refractivity contribution in [1.29, 1.82) is 0 Å². The van der Waals surface area contributed by atoms with Crippen LogP contribution in [0.2, 0.25) is 0 Å². The van der Waals surface area contributed by atoms with E-state index in [2.05, 4.69) is 10.1 Å². The molecule has 128 valence electrons. The van der Waals surface area contributed by atoms with Gasteiger partial charge in [-0.2, -0.15) is 0 Å². The van der Waals surface area contributed by atoms with Crippen LogP contribution in [0.3, 0.4) is 0 Å². The summed E-state index contributed by atoms with van der Waals surface area (Å²) in [6.07, 6.45) is -3.12. The number of alkyl halides is 3. The van der Waals surface area contributed by atoms with Gasteiger partial charge in [0.2, 0.25) is 5.91 Å².